The molecular formula is C20H23ClN2OS. The van der Waals surface area contributed by atoms with E-state index in [0.717, 1.165) is 36.5 Å². The Hall–Kier alpha value is -1.49. The summed E-state index contributed by atoms with van der Waals surface area (Å²) < 4.78 is 0. The van der Waals surface area contributed by atoms with Crippen LogP contribution in [0.1, 0.15) is 29.2 Å². The maximum absolute atomic E-state index is 12.4. The van der Waals surface area contributed by atoms with Gasteiger partial charge in [-0.05, 0) is 49.2 Å². The lowest BCUT2D eigenvalue weighted by atomic mass is 10.0. The SMILES string of the molecule is O=C(CSC(c1ccccc1)c1ccc(Cl)cc1)NC1CCNCC1. The minimum absolute atomic E-state index is 0.117. The van der Waals surface area contributed by atoms with E-state index in [1.54, 1.807) is 11.8 Å². The largest absolute Gasteiger partial charge is 0.353 e. The van der Waals surface area contributed by atoms with Crippen molar-refractivity contribution in [3.63, 3.8) is 0 Å². The Morgan fingerprint density at radius 3 is 2.40 bits per heavy atom. The molecule has 5 heteroatoms. The van der Waals surface area contributed by atoms with Crippen LogP contribution in [-0.2, 0) is 4.79 Å². The molecule has 1 aliphatic heterocycles. The van der Waals surface area contributed by atoms with Gasteiger partial charge >= 0.3 is 0 Å². The van der Waals surface area contributed by atoms with Crippen LogP contribution in [0.4, 0.5) is 0 Å². The topological polar surface area (TPSA) is 41.1 Å². The second-order valence-electron chi connectivity index (χ2n) is 6.25. The molecule has 1 atom stereocenters. The number of rotatable bonds is 6. The number of hydrogen-bond donors (Lipinski definition) is 2. The molecule has 1 unspecified atom stereocenters. The molecule has 1 amide bonds. The highest BCUT2D eigenvalue weighted by Crippen LogP contribution is 2.35. The van der Waals surface area contributed by atoms with Crippen molar-refractivity contribution in [3.05, 3.63) is 70.7 Å². The first-order valence-electron chi connectivity index (χ1n) is 8.64. The molecule has 3 rings (SSSR count). The van der Waals surface area contributed by atoms with Gasteiger partial charge in [-0.1, -0.05) is 54.1 Å². The number of halogens is 1. The molecule has 0 aromatic heterocycles. The highest BCUT2D eigenvalue weighted by atomic mass is 35.5. The highest BCUT2D eigenvalue weighted by molar-refractivity contribution is 8.00. The first kappa shape index (κ1) is 18.3. The van der Waals surface area contributed by atoms with Gasteiger partial charge in [0.15, 0.2) is 0 Å². The number of carbonyl (C=O) groups excluding carboxylic acids is 1. The van der Waals surface area contributed by atoms with Crippen molar-refractivity contribution < 1.29 is 4.79 Å². The van der Waals surface area contributed by atoms with Gasteiger partial charge in [0, 0.05) is 11.1 Å². The predicted molar refractivity (Wildman–Crippen MR) is 106 cm³/mol. The molecular weight excluding hydrogens is 352 g/mol. The van der Waals surface area contributed by atoms with Gasteiger partial charge in [-0.3, -0.25) is 4.79 Å². The molecule has 132 valence electrons. The Morgan fingerprint density at radius 2 is 1.72 bits per heavy atom. The number of hydrogen-bond acceptors (Lipinski definition) is 3. The van der Waals surface area contributed by atoms with Gasteiger partial charge in [0.2, 0.25) is 5.91 Å². The number of nitrogens with one attached hydrogen (secondary N) is 2. The third-order valence-corrected chi connectivity index (χ3v) is 5.92. The van der Waals surface area contributed by atoms with Gasteiger partial charge in [0.1, 0.15) is 0 Å². The molecule has 1 aliphatic rings. The van der Waals surface area contributed by atoms with Crippen LogP contribution in [-0.4, -0.2) is 30.8 Å². The second kappa shape index (κ2) is 9.27. The van der Waals surface area contributed by atoms with E-state index < -0.39 is 0 Å². The maximum Gasteiger partial charge on any atom is 0.230 e. The molecule has 25 heavy (non-hydrogen) atoms. The summed E-state index contributed by atoms with van der Waals surface area (Å²) in [6, 6.07) is 18.5. The molecule has 0 bridgehead atoms. The Labute approximate surface area is 158 Å². The van der Waals surface area contributed by atoms with Crippen molar-refractivity contribution in [1.29, 1.82) is 0 Å². The Balaban J connectivity index is 1.65. The van der Waals surface area contributed by atoms with Crippen molar-refractivity contribution >= 4 is 29.3 Å². The van der Waals surface area contributed by atoms with Gasteiger partial charge < -0.3 is 10.6 Å². The lowest BCUT2D eigenvalue weighted by molar-refractivity contribution is -0.119. The molecule has 3 nitrogen and oxygen atoms in total. The van der Waals surface area contributed by atoms with Gasteiger partial charge in [0.25, 0.3) is 0 Å². The maximum atomic E-state index is 12.4. The zero-order chi connectivity index (χ0) is 17.5. The average molecular weight is 375 g/mol. The summed E-state index contributed by atoms with van der Waals surface area (Å²) in [5.41, 5.74) is 2.36. The van der Waals surface area contributed by atoms with Crippen LogP contribution in [0.3, 0.4) is 0 Å². The summed E-state index contributed by atoms with van der Waals surface area (Å²) in [5, 5.41) is 7.33. The fraction of sp³-hybridized carbons (Fsp3) is 0.350. The standard InChI is InChI=1S/C20H23ClN2OS/c21-17-8-6-16(7-9-17)20(15-4-2-1-3-5-15)25-14-19(24)23-18-10-12-22-13-11-18/h1-9,18,20,22H,10-14H2,(H,23,24). The molecule has 1 fully saturated rings. The highest BCUT2D eigenvalue weighted by Gasteiger charge is 2.19. The lowest BCUT2D eigenvalue weighted by Crippen LogP contribution is -2.43. The van der Waals surface area contributed by atoms with E-state index in [0.29, 0.717) is 11.8 Å². The van der Waals surface area contributed by atoms with Crippen LogP contribution in [0.25, 0.3) is 0 Å². The summed E-state index contributed by atoms with van der Waals surface area (Å²) in [4.78, 5) is 12.4. The van der Waals surface area contributed by atoms with Gasteiger partial charge in [0.05, 0.1) is 11.0 Å². The third kappa shape index (κ3) is 5.50. The van der Waals surface area contributed by atoms with Gasteiger partial charge in [-0.25, -0.2) is 0 Å². The quantitative estimate of drug-likeness (QED) is 0.802. The smallest absolute Gasteiger partial charge is 0.230 e. The Morgan fingerprint density at radius 1 is 1.08 bits per heavy atom. The van der Waals surface area contributed by atoms with Crippen molar-refractivity contribution in [3.8, 4) is 0 Å². The zero-order valence-corrected chi connectivity index (χ0v) is 15.7. The number of benzene rings is 2. The first-order chi connectivity index (χ1) is 12.2. The molecule has 1 heterocycles. The van der Waals surface area contributed by atoms with Crippen LogP contribution in [0, 0.1) is 0 Å². The van der Waals surface area contributed by atoms with E-state index >= 15 is 0 Å². The summed E-state index contributed by atoms with van der Waals surface area (Å²) in [7, 11) is 0. The molecule has 0 spiro atoms. The summed E-state index contributed by atoms with van der Waals surface area (Å²) >= 11 is 7.68. The van der Waals surface area contributed by atoms with E-state index in [4.69, 9.17) is 11.6 Å². The molecule has 0 radical (unpaired) electrons. The van der Waals surface area contributed by atoms with Crippen molar-refractivity contribution in [2.75, 3.05) is 18.8 Å². The zero-order valence-electron chi connectivity index (χ0n) is 14.1. The number of thioether (sulfide) groups is 1. The molecule has 0 saturated carbocycles. The van der Waals surface area contributed by atoms with Crippen LogP contribution in [0.15, 0.2) is 54.6 Å². The normalized spacial score (nSPS) is 16.4. The minimum atomic E-state index is 0.117. The second-order valence-corrected chi connectivity index (χ2v) is 7.77. The fourth-order valence-electron chi connectivity index (χ4n) is 3.04. The fourth-order valence-corrected chi connectivity index (χ4v) is 4.27. The van der Waals surface area contributed by atoms with Crippen molar-refractivity contribution in [2.45, 2.75) is 24.1 Å². The van der Waals surface area contributed by atoms with Crippen LogP contribution in [0.5, 0.6) is 0 Å². The van der Waals surface area contributed by atoms with E-state index in [9.17, 15) is 4.79 Å². The monoisotopic (exact) mass is 374 g/mol. The molecule has 2 aromatic rings. The number of amides is 1. The Kier molecular flexibility index (Phi) is 6.79. The van der Waals surface area contributed by atoms with E-state index in [2.05, 4.69) is 22.8 Å². The first-order valence-corrected chi connectivity index (χ1v) is 10.1. The predicted octanol–water partition coefficient (Wildman–Crippen LogP) is 4.03. The van der Waals surface area contributed by atoms with E-state index in [1.165, 1.54) is 5.56 Å². The summed E-state index contributed by atoms with van der Waals surface area (Å²) in [6.07, 6.45) is 2.02. The van der Waals surface area contributed by atoms with E-state index in [-0.39, 0.29) is 11.2 Å². The van der Waals surface area contributed by atoms with Gasteiger partial charge in [-0.15, -0.1) is 11.8 Å². The number of carbonyl (C=O) groups is 1. The van der Waals surface area contributed by atoms with Crippen molar-refractivity contribution in [2.24, 2.45) is 0 Å². The van der Waals surface area contributed by atoms with Gasteiger partial charge in [-0.2, -0.15) is 0 Å². The number of piperidine rings is 1. The molecule has 2 aromatic carbocycles. The minimum Gasteiger partial charge on any atom is -0.353 e. The molecule has 1 saturated heterocycles. The molecule has 0 aliphatic carbocycles. The summed E-state index contributed by atoms with van der Waals surface area (Å²) in [6.45, 7) is 1.96. The average Bonchev–Trinajstić information content (AvgIpc) is 2.65. The van der Waals surface area contributed by atoms with Crippen LogP contribution < -0.4 is 10.6 Å². The van der Waals surface area contributed by atoms with E-state index in [1.807, 2.05) is 42.5 Å². The lowest BCUT2D eigenvalue weighted by Gasteiger charge is -2.24. The summed E-state index contributed by atoms with van der Waals surface area (Å²) in [5.74, 6) is 0.568. The van der Waals surface area contributed by atoms with Crippen LogP contribution >= 0.6 is 23.4 Å². The third-order valence-electron chi connectivity index (χ3n) is 4.36. The van der Waals surface area contributed by atoms with Crippen LogP contribution in [0.2, 0.25) is 5.02 Å². The molecule has 2 N–H and O–H groups in total. The van der Waals surface area contributed by atoms with Crippen molar-refractivity contribution in [1.82, 2.24) is 10.6 Å². The Bertz CT molecular complexity index is 672.